The molecule has 1 aliphatic carbocycles. The molecule has 18 heavy (non-hydrogen) atoms. The van der Waals surface area contributed by atoms with Gasteiger partial charge in [-0.05, 0) is 28.8 Å². The van der Waals surface area contributed by atoms with Gasteiger partial charge in [0.1, 0.15) is 16.2 Å². The summed E-state index contributed by atoms with van der Waals surface area (Å²) in [5.74, 6) is 1.84. The number of anilines is 1. The zero-order valence-corrected chi connectivity index (χ0v) is 13.0. The number of halogens is 1. The number of hydrogen-bond donors (Lipinski definition) is 1. The van der Waals surface area contributed by atoms with Gasteiger partial charge in [-0.15, -0.1) is 0 Å². The van der Waals surface area contributed by atoms with Gasteiger partial charge in [-0.25, -0.2) is 9.97 Å². The molecule has 0 radical (unpaired) electrons. The Morgan fingerprint density at radius 2 is 1.83 bits per heavy atom. The van der Waals surface area contributed by atoms with Crippen molar-refractivity contribution in [3.8, 4) is 0 Å². The van der Waals surface area contributed by atoms with Crippen LogP contribution < -0.4 is 5.32 Å². The van der Waals surface area contributed by atoms with E-state index < -0.39 is 0 Å². The van der Waals surface area contributed by atoms with Crippen molar-refractivity contribution in [1.29, 1.82) is 0 Å². The Kier molecular flexibility index (Phi) is 4.25. The maximum atomic E-state index is 4.65. The minimum atomic E-state index is -0.0211. The lowest BCUT2D eigenvalue weighted by atomic mass is 9.95. The molecular weight excluding hydrogens is 290 g/mol. The molecule has 1 aliphatic rings. The van der Waals surface area contributed by atoms with E-state index in [1.807, 2.05) is 6.07 Å². The molecule has 2 rings (SSSR count). The Morgan fingerprint density at radius 1 is 1.17 bits per heavy atom. The van der Waals surface area contributed by atoms with Crippen LogP contribution in [0.4, 0.5) is 5.82 Å². The van der Waals surface area contributed by atoms with Crippen LogP contribution in [0.2, 0.25) is 0 Å². The highest BCUT2D eigenvalue weighted by atomic mass is 79.9. The smallest absolute Gasteiger partial charge is 0.137 e. The molecule has 1 fully saturated rings. The zero-order chi connectivity index (χ0) is 13.2. The maximum Gasteiger partial charge on any atom is 0.137 e. The number of nitrogens with zero attached hydrogens (tertiary/aromatic N) is 2. The first kappa shape index (κ1) is 13.8. The van der Waals surface area contributed by atoms with Gasteiger partial charge in [0.05, 0.1) is 0 Å². The predicted molar refractivity (Wildman–Crippen MR) is 78.9 cm³/mol. The van der Waals surface area contributed by atoms with Crippen LogP contribution in [0.15, 0.2) is 10.7 Å². The van der Waals surface area contributed by atoms with Crippen LogP contribution in [0.25, 0.3) is 0 Å². The summed E-state index contributed by atoms with van der Waals surface area (Å²) in [5.41, 5.74) is -0.0211. The minimum Gasteiger partial charge on any atom is -0.367 e. The third kappa shape index (κ3) is 3.67. The topological polar surface area (TPSA) is 37.8 Å². The SMILES string of the molecule is CC(C)(C)c1nc(Br)cc(NC2CCCCC2)n1. The van der Waals surface area contributed by atoms with E-state index >= 15 is 0 Å². The molecule has 1 saturated carbocycles. The Labute approximate surface area is 118 Å². The summed E-state index contributed by atoms with van der Waals surface area (Å²) in [6.07, 6.45) is 6.55. The largest absolute Gasteiger partial charge is 0.367 e. The van der Waals surface area contributed by atoms with Crippen LogP contribution in [0.3, 0.4) is 0 Å². The van der Waals surface area contributed by atoms with Crippen molar-refractivity contribution in [2.24, 2.45) is 0 Å². The van der Waals surface area contributed by atoms with Crippen molar-refractivity contribution >= 4 is 21.7 Å². The number of nitrogens with one attached hydrogen (secondary N) is 1. The Hall–Kier alpha value is -0.640. The predicted octanol–water partition coefficient (Wildman–Crippen LogP) is 4.28. The number of aromatic nitrogens is 2. The van der Waals surface area contributed by atoms with Gasteiger partial charge in [-0.3, -0.25) is 0 Å². The quantitative estimate of drug-likeness (QED) is 0.828. The molecule has 0 spiro atoms. The van der Waals surface area contributed by atoms with Crippen LogP contribution in [-0.2, 0) is 5.41 Å². The van der Waals surface area contributed by atoms with E-state index in [1.165, 1.54) is 32.1 Å². The minimum absolute atomic E-state index is 0.0211. The molecule has 3 nitrogen and oxygen atoms in total. The van der Waals surface area contributed by atoms with Crippen LogP contribution >= 0.6 is 15.9 Å². The fraction of sp³-hybridized carbons (Fsp3) is 0.714. The summed E-state index contributed by atoms with van der Waals surface area (Å²) in [6, 6.07) is 2.55. The molecular formula is C14H22BrN3. The average molecular weight is 312 g/mol. The number of rotatable bonds is 2. The number of hydrogen-bond acceptors (Lipinski definition) is 3. The van der Waals surface area contributed by atoms with Gasteiger partial charge in [-0.2, -0.15) is 0 Å². The lowest BCUT2D eigenvalue weighted by molar-refractivity contribution is 0.461. The van der Waals surface area contributed by atoms with Gasteiger partial charge < -0.3 is 5.32 Å². The van der Waals surface area contributed by atoms with Gasteiger partial charge in [0.15, 0.2) is 0 Å². The van der Waals surface area contributed by atoms with Gasteiger partial charge in [0.25, 0.3) is 0 Å². The Balaban J connectivity index is 2.14. The van der Waals surface area contributed by atoms with Crippen molar-refractivity contribution in [2.45, 2.75) is 64.3 Å². The first-order valence-corrected chi connectivity index (χ1v) is 7.56. The fourth-order valence-corrected chi connectivity index (χ4v) is 2.67. The van der Waals surface area contributed by atoms with Crippen molar-refractivity contribution in [3.05, 3.63) is 16.5 Å². The second kappa shape index (κ2) is 5.55. The average Bonchev–Trinajstić information content (AvgIpc) is 2.28. The van der Waals surface area contributed by atoms with E-state index in [0.717, 1.165) is 16.2 Å². The lowest BCUT2D eigenvalue weighted by Gasteiger charge is -2.24. The molecule has 1 aromatic rings. The fourth-order valence-electron chi connectivity index (χ4n) is 2.28. The molecule has 0 amide bonds. The molecule has 0 aromatic carbocycles. The zero-order valence-electron chi connectivity index (χ0n) is 11.5. The first-order valence-electron chi connectivity index (χ1n) is 6.77. The molecule has 0 saturated heterocycles. The van der Waals surface area contributed by atoms with Crippen LogP contribution in [-0.4, -0.2) is 16.0 Å². The molecule has 0 atom stereocenters. The highest BCUT2D eigenvalue weighted by molar-refractivity contribution is 9.10. The van der Waals surface area contributed by atoms with E-state index in [0.29, 0.717) is 6.04 Å². The molecule has 1 heterocycles. The van der Waals surface area contributed by atoms with E-state index in [2.05, 4.69) is 52.0 Å². The third-order valence-electron chi connectivity index (χ3n) is 3.32. The highest BCUT2D eigenvalue weighted by Gasteiger charge is 2.20. The van der Waals surface area contributed by atoms with E-state index in [9.17, 15) is 0 Å². The van der Waals surface area contributed by atoms with Crippen LogP contribution in [0.1, 0.15) is 58.7 Å². The summed E-state index contributed by atoms with van der Waals surface area (Å²) in [4.78, 5) is 9.11. The summed E-state index contributed by atoms with van der Waals surface area (Å²) in [6.45, 7) is 6.41. The molecule has 1 N–H and O–H groups in total. The van der Waals surface area contributed by atoms with Crippen molar-refractivity contribution in [3.63, 3.8) is 0 Å². The van der Waals surface area contributed by atoms with Crippen molar-refractivity contribution in [1.82, 2.24) is 9.97 Å². The lowest BCUT2D eigenvalue weighted by Crippen LogP contribution is -2.24. The molecule has 0 unspecified atom stereocenters. The summed E-state index contributed by atoms with van der Waals surface area (Å²) < 4.78 is 0.862. The summed E-state index contributed by atoms with van der Waals surface area (Å²) in [5, 5.41) is 3.55. The van der Waals surface area contributed by atoms with E-state index in [4.69, 9.17) is 0 Å². The molecule has 100 valence electrons. The van der Waals surface area contributed by atoms with E-state index in [-0.39, 0.29) is 5.41 Å². The Morgan fingerprint density at radius 3 is 2.44 bits per heavy atom. The normalized spacial score (nSPS) is 17.8. The van der Waals surface area contributed by atoms with Gasteiger partial charge in [-0.1, -0.05) is 40.0 Å². The highest BCUT2D eigenvalue weighted by Crippen LogP contribution is 2.25. The van der Waals surface area contributed by atoms with E-state index in [1.54, 1.807) is 0 Å². The van der Waals surface area contributed by atoms with Gasteiger partial charge in [0, 0.05) is 17.5 Å². The van der Waals surface area contributed by atoms with Crippen molar-refractivity contribution in [2.75, 3.05) is 5.32 Å². The van der Waals surface area contributed by atoms with Gasteiger partial charge >= 0.3 is 0 Å². The second-order valence-corrected chi connectivity index (χ2v) is 6.94. The summed E-state index contributed by atoms with van der Waals surface area (Å²) in [7, 11) is 0. The van der Waals surface area contributed by atoms with Crippen LogP contribution in [0, 0.1) is 0 Å². The molecule has 0 aliphatic heterocycles. The maximum absolute atomic E-state index is 4.65. The van der Waals surface area contributed by atoms with Crippen molar-refractivity contribution < 1.29 is 0 Å². The van der Waals surface area contributed by atoms with Crippen LogP contribution in [0.5, 0.6) is 0 Å². The standard InChI is InChI=1S/C14H22BrN3/c1-14(2,3)13-17-11(15)9-12(18-13)16-10-7-5-4-6-8-10/h9-10H,4-8H2,1-3H3,(H,16,17,18). The Bertz CT molecular complexity index is 406. The second-order valence-electron chi connectivity index (χ2n) is 6.13. The summed E-state index contributed by atoms with van der Waals surface area (Å²) >= 11 is 3.48. The monoisotopic (exact) mass is 311 g/mol. The molecule has 1 aromatic heterocycles. The molecule has 0 bridgehead atoms. The first-order chi connectivity index (χ1) is 8.45. The molecule has 4 heteroatoms. The van der Waals surface area contributed by atoms with Gasteiger partial charge in [0.2, 0.25) is 0 Å². The third-order valence-corrected chi connectivity index (χ3v) is 3.73.